The molecule has 2 fully saturated rings. The number of carbonyl (C=O) groups is 2. The summed E-state index contributed by atoms with van der Waals surface area (Å²) in [5.74, 6) is -0.883. The summed E-state index contributed by atoms with van der Waals surface area (Å²) in [7, 11) is 1.37. The van der Waals surface area contributed by atoms with E-state index in [4.69, 9.17) is 25.8 Å². The van der Waals surface area contributed by atoms with Gasteiger partial charge in [0.05, 0.1) is 24.8 Å². The molecule has 5 heterocycles. The van der Waals surface area contributed by atoms with Crippen LogP contribution in [0.5, 0.6) is 5.75 Å². The second kappa shape index (κ2) is 8.71. The minimum Gasteiger partial charge on any atom is -0.489 e. The molecule has 1 spiro atoms. The highest BCUT2D eigenvalue weighted by Crippen LogP contribution is 2.67. The third-order valence-corrected chi connectivity index (χ3v) is 9.70. The molecule has 8 heteroatoms. The van der Waals surface area contributed by atoms with Gasteiger partial charge in [0.1, 0.15) is 18.0 Å². The van der Waals surface area contributed by atoms with Crippen LogP contribution in [0.4, 0.5) is 0 Å². The topological polar surface area (TPSA) is 80.9 Å². The number of benzene rings is 3. The van der Waals surface area contributed by atoms with Crippen LogP contribution in [0.1, 0.15) is 28.3 Å². The number of esters is 1. The maximum Gasteiger partial charge on any atom is 0.341 e. The zero-order chi connectivity index (χ0) is 27.9. The van der Waals surface area contributed by atoms with Crippen LogP contribution in [-0.4, -0.2) is 47.1 Å². The Hall–Kier alpha value is -4.07. The Bertz CT molecular complexity index is 1770. The zero-order valence-corrected chi connectivity index (χ0v) is 23.1. The smallest absolute Gasteiger partial charge is 0.341 e. The van der Waals surface area contributed by atoms with Crippen molar-refractivity contribution in [2.24, 2.45) is 5.92 Å². The molecule has 206 valence electrons. The van der Waals surface area contributed by atoms with Gasteiger partial charge in [-0.1, -0.05) is 72.3 Å². The van der Waals surface area contributed by atoms with Gasteiger partial charge in [-0.2, -0.15) is 0 Å². The molecule has 2 saturated heterocycles. The van der Waals surface area contributed by atoms with Crippen LogP contribution < -0.4 is 4.74 Å². The Morgan fingerprint density at radius 3 is 2.73 bits per heavy atom. The van der Waals surface area contributed by atoms with E-state index < -0.39 is 23.0 Å². The van der Waals surface area contributed by atoms with Gasteiger partial charge in [-0.3, -0.25) is 4.79 Å². The van der Waals surface area contributed by atoms with Crippen LogP contribution in [0.25, 0.3) is 10.9 Å². The van der Waals surface area contributed by atoms with E-state index in [-0.39, 0.29) is 17.9 Å². The summed E-state index contributed by atoms with van der Waals surface area (Å²) in [6, 6.07) is 23.5. The predicted octanol–water partition coefficient (Wildman–Crippen LogP) is 5.27. The SMILES string of the molecule is COC(=O)[C@]12c3[nH]c4cc(OCc5ccccc5)ccc4c3CCN1C(=O)[C@H]1[C@H](c3ccccc3Cl)[C@@H]3C=C[C@@]12O3. The maximum absolute atomic E-state index is 14.4. The number of hydrogen-bond acceptors (Lipinski definition) is 5. The van der Waals surface area contributed by atoms with E-state index >= 15 is 0 Å². The van der Waals surface area contributed by atoms with Crippen molar-refractivity contribution in [3.63, 3.8) is 0 Å². The molecule has 1 aromatic heterocycles. The molecule has 1 amide bonds. The van der Waals surface area contributed by atoms with E-state index in [1.54, 1.807) is 4.90 Å². The van der Waals surface area contributed by atoms with Gasteiger partial charge in [-0.25, -0.2) is 4.79 Å². The predicted molar refractivity (Wildman–Crippen MR) is 153 cm³/mol. The quantitative estimate of drug-likeness (QED) is 0.263. The normalized spacial score (nSPS) is 29.0. The molecule has 5 atom stereocenters. The molecule has 2 bridgehead atoms. The van der Waals surface area contributed by atoms with Crippen LogP contribution >= 0.6 is 11.6 Å². The van der Waals surface area contributed by atoms with Crippen molar-refractivity contribution < 1.29 is 23.8 Å². The lowest BCUT2D eigenvalue weighted by Crippen LogP contribution is -2.63. The number of rotatable bonds is 5. The number of ether oxygens (including phenoxy) is 3. The molecule has 41 heavy (non-hydrogen) atoms. The van der Waals surface area contributed by atoms with Crippen molar-refractivity contribution in [1.29, 1.82) is 0 Å². The largest absolute Gasteiger partial charge is 0.489 e. The lowest BCUT2D eigenvalue weighted by Gasteiger charge is -2.46. The van der Waals surface area contributed by atoms with E-state index in [9.17, 15) is 9.59 Å². The number of aromatic amines is 1. The maximum atomic E-state index is 14.4. The number of nitrogens with zero attached hydrogens (tertiary/aromatic N) is 1. The number of amides is 1. The molecular weight excluding hydrogens is 540 g/mol. The minimum atomic E-state index is -1.50. The second-order valence-electron chi connectivity index (χ2n) is 11.2. The van der Waals surface area contributed by atoms with E-state index in [1.165, 1.54) is 7.11 Å². The van der Waals surface area contributed by atoms with Gasteiger partial charge >= 0.3 is 5.97 Å². The van der Waals surface area contributed by atoms with Crippen molar-refractivity contribution in [1.82, 2.24) is 9.88 Å². The number of H-pyrrole nitrogens is 1. The molecule has 0 aliphatic carbocycles. The number of fused-ring (bicyclic) bond motifs is 6. The number of hydrogen-bond donors (Lipinski definition) is 1. The van der Waals surface area contributed by atoms with E-state index in [0.717, 1.165) is 27.6 Å². The Morgan fingerprint density at radius 1 is 1.12 bits per heavy atom. The van der Waals surface area contributed by atoms with Gasteiger partial charge in [0.15, 0.2) is 0 Å². The number of halogens is 1. The molecule has 4 aliphatic rings. The Labute approximate surface area is 241 Å². The van der Waals surface area contributed by atoms with Crippen LogP contribution in [0.15, 0.2) is 84.9 Å². The van der Waals surface area contributed by atoms with E-state index in [1.807, 2.05) is 84.9 Å². The summed E-state index contributed by atoms with van der Waals surface area (Å²) in [5.41, 5.74) is 1.64. The van der Waals surface area contributed by atoms with E-state index in [2.05, 4.69) is 4.98 Å². The lowest BCUT2D eigenvalue weighted by atomic mass is 9.65. The highest BCUT2D eigenvalue weighted by atomic mass is 35.5. The molecule has 7 nitrogen and oxygen atoms in total. The first kappa shape index (κ1) is 24.7. The number of methoxy groups -OCH3 is 1. The first-order chi connectivity index (χ1) is 20.0. The highest BCUT2D eigenvalue weighted by molar-refractivity contribution is 6.31. The molecule has 8 rings (SSSR count). The Kier molecular flexibility index (Phi) is 5.25. The number of nitrogens with one attached hydrogen (secondary N) is 1. The third kappa shape index (κ3) is 3.08. The molecule has 3 aromatic carbocycles. The van der Waals surface area contributed by atoms with Crippen LogP contribution in [0.3, 0.4) is 0 Å². The van der Waals surface area contributed by atoms with Gasteiger partial charge < -0.3 is 24.1 Å². The number of aromatic nitrogens is 1. The molecule has 4 aliphatic heterocycles. The minimum absolute atomic E-state index is 0.122. The average Bonchev–Trinajstić information content (AvgIpc) is 3.74. The Balaban J connectivity index is 1.27. The first-order valence-electron chi connectivity index (χ1n) is 13.8. The fourth-order valence-corrected chi connectivity index (χ4v) is 8.03. The summed E-state index contributed by atoms with van der Waals surface area (Å²) in [6.45, 7) is 0.810. The molecular formula is C33H27ClN2O5. The monoisotopic (exact) mass is 566 g/mol. The summed E-state index contributed by atoms with van der Waals surface area (Å²) >= 11 is 6.65. The summed E-state index contributed by atoms with van der Waals surface area (Å²) < 4.78 is 18.4. The fraction of sp³-hybridized carbons (Fsp3) is 0.273. The zero-order valence-electron chi connectivity index (χ0n) is 22.3. The van der Waals surface area contributed by atoms with Crippen molar-refractivity contribution in [3.8, 4) is 5.75 Å². The van der Waals surface area contributed by atoms with Crippen molar-refractivity contribution in [2.75, 3.05) is 13.7 Å². The second-order valence-corrected chi connectivity index (χ2v) is 11.6. The highest BCUT2D eigenvalue weighted by Gasteiger charge is 2.81. The van der Waals surface area contributed by atoms with Gasteiger partial charge in [0, 0.05) is 34.5 Å². The molecule has 0 radical (unpaired) electrons. The molecule has 4 aromatic rings. The van der Waals surface area contributed by atoms with Gasteiger partial charge in [-0.15, -0.1) is 0 Å². The van der Waals surface area contributed by atoms with Crippen molar-refractivity contribution in [2.45, 2.75) is 36.2 Å². The van der Waals surface area contributed by atoms with Crippen LogP contribution in [0, 0.1) is 5.92 Å². The lowest BCUT2D eigenvalue weighted by molar-refractivity contribution is -0.172. The van der Waals surface area contributed by atoms with Gasteiger partial charge in [0.25, 0.3) is 0 Å². The average molecular weight is 567 g/mol. The summed E-state index contributed by atoms with van der Waals surface area (Å²) in [6.07, 6.45) is 4.09. The van der Waals surface area contributed by atoms with E-state index in [0.29, 0.717) is 36.0 Å². The standard InChI is InChI=1S/C33H27ClN2O5/c1-39-31(38)33-29-22(21-12-11-20(17-25(21)35-29)40-18-19-7-3-2-4-8-19)14-16-36(33)30(37)28-27(23-9-5-6-10-24(23)34)26-13-15-32(28,33)41-26/h2-13,15,17,26-28,35H,14,16,18H2,1H3/t26-,27+,28+,32+,33-/m0/s1. The van der Waals surface area contributed by atoms with Crippen LogP contribution in [-0.2, 0) is 37.6 Å². The van der Waals surface area contributed by atoms with Crippen LogP contribution in [0.2, 0.25) is 5.02 Å². The fourth-order valence-electron chi connectivity index (χ4n) is 7.77. The molecule has 0 saturated carbocycles. The van der Waals surface area contributed by atoms with Crippen molar-refractivity contribution >= 4 is 34.4 Å². The Morgan fingerprint density at radius 2 is 1.93 bits per heavy atom. The van der Waals surface area contributed by atoms with Crippen molar-refractivity contribution in [3.05, 3.63) is 112 Å². The summed E-state index contributed by atoms with van der Waals surface area (Å²) in [5, 5.41) is 1.57. The summed E-state index contributed by atoms with van der Waals surface area (Å²) in [4.78, 5) is 33.7. The third-order valence-electron chi connectivity index (χ3n) is 9.36. The van der Waals surface area contributed by atoms with Gasteiger partial charge in [-0.05, 0) is 41.3 Å². The molecule has 1 N–H and O–H groups in total. The molecule has 0 unspecified atom stereocenters. The number of carbonyl (C=O) groups excluding carboxylic acids is 2. The first-order valence-corrected chi connectivity index (χ1v) is 14.2. The van der Waals surface area contributed by atoms with Gasteiger partial charge in [0.2, 0.25) is 11.4 Å².